The molecule has 0 N–H and O–H groups in total. The predicted octanol–water partition coefficient (Wildman–Crippen LogP) is 6.44. The third-order valence-corrected chi connectivity index (χ3v) is 6.29. The molecular formula is C19H29BrO. The summed E-state index contributed by atoms with van der Waals surface area (Å²) in [4.78, 5) is 0.496. The summed E-state index contributed by atoms with van der Waals surface area (Å²) in [5, 5.41) is 0. The number of alkyl halides is 1. The molecule has 0 saturated heterocycles. The molecule has 0 bridgehead atoms. The van der Waals surface area contributed by atoms with Crippen LogP contribution in [0.4, 0.5) is 0 Å². The average molecular weight is 353 g/mol. The number of benzene rings is 1. The van der Waals surface area contributed by atoms with E-state index in [1.54, 1.807) is 7.11 Å². The van der Waals surface area contributed by atoms with Gasteiger partial charge in [-0.1, -0.05) is 61.0 Å². The zero-order chi connectivity index (χ0) is 15.2. The normalized spacial score (nSPS) is 23.8. The van der Waals surface area contributed by atoms with Crippen molar-refractivity contribution in [2.45, 2.75) is 63.6 Å². The van der Waals surface area contributed by atoms with E-state index in [1.165, 1.54) is 56.1 Å². The lowest BCUT2D eigenvalue weighted by molar-refractivity contribution is 0.257. The fraction of sp³-hybridized carbons (Fsp3) is 0.684. The Morgan fingerprint density at radius 3 is 2.52 bits per heavy atom. The molecule has 1 unspecified atom stereocenters. The lowest BCUT2D eigenvalue weighted by Crippen LogP contribution is -2.18. The first-order chi connectivity index (χ1) is 10.2. The third kappa shape index (κ3) is 4.48. The Balaban J connectivity index is 1.94. The summed E-state index contributed by atoms with van der Waals surface area (Å²) in [6.45, 7) is 4.49. The van der Waals surface area contributed by atoms with Gasteiger partial charge in [-0.25, -0.2) is 0 Å². The van der Waals surface area contributed by atoms with Gasteiger partial charge in [-0.15, -0.1) is 0 Å². The van der Waals surface area contributed by atoms with E-state index in [0.29, 0.717) is 4.83 Å². The highest BCUT2D eigenvalue weighted by Crippen LogP contribution is 2.43. The Hall–Kier alpha value is -0.500. The van der Waals surface area contributed by atoms with Crippen LogP contribution in [0.5, 0.6) is 5.75 Å². The van der Waals surface area contributed by atoms with E-state index >= 15 is 0 Å². The monoisotopic (exact) mass is 352 g/mol. The molecule has 0 amide bonds. The molecule has 1 aromatic rings. The summed E-state index contributed by atoms with van der Waals surface area (Å²) in [6, 6.07) is 6.47. The summed E-state index contributed by atoms with van der Waals surface area (Å²) in [7, 11) is 1.73. The summed E-state index contributed by atoms with van der Waals surface area (Å²) in [5.41, 5.74) is 2.78. The molecule has 1 saturated carbocycles. The number of hydrogen-bond acceptors (Lipinski definition) is 1. The van der Waals surface area contributed by atoms with Gasteiger partial charge in [0.2, 0.25) is 0 Å². The Morgan fingerprint density at radius 1 is 1.24 bits per heavy atom. The maximum atomic E-state index is 5.31. The average Bonchev–Trinajstić information content (AvgIpc) is 2.52. The van der Waals surface area contributed by atoms with Crippen LogP contribution in [-0.2, 0) is 0 Å². The van der Waals surface area contributed by atoms with Crippen molar-refractivity contribution >= 4 is 15.9 Å². The van der Waals surface area contributed by atoms with Crippen LogP contribution < -0.4 is 4.74 Å². The van der Waals surface area contributed by atoms with Gasteiger partial charge >= 0.3 is 0 Å². The Morgan fingerprint density at radius 2 is 1.95 bits per heavy atom. The Labute approximate surface area is 138 Å². The van der Waals surface area contributed by atoms with Crippen LogP contribution in [0, 0.1) is 18.8 Å². The highest BCUT2D eigenvalue weighted by molar-refractivity contribution is 9.09. The molecule has 2 heteroatoms. The molecule has 1 fully saturated rings. The van der Waals surface area contributed by atoms with E-state index in [9.17, 15) is 0 Å². The van der Waals surface area contributed by atoms with Crippen molar-refractivity contribution in [2.75, 3.05) is 7.11 Å². The lowest BCUT2D eigenvalue weighted by Gasteiger charge is -2.32. The van der Waals surface area contributed by atoms with Gasteiger partial charge in [0.05, 0.1) is 7.11 Å². The van der Waals surface area contributed by atoms with E-state index < -0.39 is 0 Å². The van der Waals surface area contributed by atoms with Gasteiger partial charge in [-0.3, -0.25) is 0 Å². The topological polar surface area (TPSA) is 9.23 Å². The molecule has 1 nitrogen and oxygen atoms in total. The summed E-state index contributed by atoms with van der Waals surface area (Å²) in [6.07, 6.45) is 9.77. The van der Waals surface area contributed by atoms with Crippen molar-refractivity contribution in [3.8, 4) is 5.75 Å². The molecule has 1 aliphatic carbocycles. The van der Waals surface area contributed by atoms with E-state index in [4.69, 9.17) is 4.74 Å². The van der Waals surface area contributed by atoms with Crippen LogP contribution in [0.1, 0.15) is 67.8 Å². The second-order valence-corrected chi connectivity index (χ2v) is 7.53. The largest absolute Gasteiger partial charge is 0.497 e. The van der Waals surface area contributed by atoms with Gasteiger partial charge in [0.25, 0.3) is 0 Å². The first-order valence-electron chi connectivity index (χ1n) is 8.44. The molecule has 0 radical (unpaired) electrons. The quantitative estimate of drug-likeness (QED) is 0.535. The van der Waals surface area contributed by atoms with Crippen molar-refractivity contribution in [1.82, 2.24) is 0 Å². The molecule has 0 aliphatic heterocycles. The summed E-state index contributed by atoms with van der Waals surface area (Å²) < 4.78 is 5.31. The van der Waals surface area contributed by atoms with E-state index in [2.05, 4.69) is 48.0 Å². The number of unbranched alkanes of at least 4 members (excludes halogenated alkanes) is 1. The number of ether oxygens (including phenoxy) is 1. The maximum absolute atomic E-state index is 5.31. The zero-order valence-corrected chi connectivity index (χ0v) is 15.3. The van der Waals surface area contributed by atoms with Crippen molar-refractivity contribution in [2.24, 2.45) is 11.8 Å². The molecular weight excluding hydrogens is 324 g/mol. The van der Waals surface area contributed by atoms with Gasteiger partial charge in [0.1, 0.15) is 5.75 Å². The number of aryl methyl sites for hydroxylation is 1. The van der Waals surface area contributed by atoms with Gasteiger partial charge in [-0.05, 0) is 54.9 Å². The van der Waals surface area contributed by atoms with Crippen molar-refractivity contribution < 1.29 is 4.74 Å². The fourth-order valence-corrected chi connectivity index (χ4v) is 4.64. The van der Waals surface area contributed by atoms with Crippen LogP contribution >= 0.6 is 15.9 Å². The molecule has 0 aromatic heterocycles. The van der Waals surface area contributed by atoms with Crippen LogP contribution in [0.25, 0.3) is 0 Å². The standard InChI is InChI=1S/C19H29BrO/c1-4-5-6-15-7-9-16(10-8-15)19(20)18-12-11-17(21-3)13-14(18)2/h11-13,15-16,19H,4-10H2,1-3H3. The fourth-order valence-electron chi connectivity index (χ4n) is 3.60. The van der Waals surface area contributed by atoms with Crippen LogP contribution in [-0.4, -0.2) is 7.11 Å². The number of rotatable bonds is 6. The smallest absolute Gasteiger partial charge is 0.119 e. The Kier molecular flexibility index (Phi) is 6.60. The number of methoxy groups -OCH3 is 1. The molecule has 2 rings (SSSR count). The molecule has 1 aliphatic rings. The van der Waals surface area contributed by atoms with Crippen LogP contribution in [0.3, 0.4) is 0 Å². The SMILES string of the molecule is CCCCC1CCC(C(Br)c2ccc(OC)cc2C)CC1. The minimum atomic E-state index is 0.496. The van der Waals surface area contributed by atoms with Gasteiger partial charge in [0, 0.05) is 4.83 Å². The van der Waals surface area contributed by atoms with Gasteiger partial charge in [-0.2, -0.15) is 0 Å². The molecule has 0 heterocycles. The first kappa shape index (κ1) is 16.9. The van der Waals surface area contributed by atoms with E-state index in [0.717, 1.165) is 17.6 Å². The highest BCUT2D eigenvalue weighted by Gasteiger charge is 2.27. The summed E-state index contributed by atoms with van der Waals surface area (Å²) in [5.74, 6) is 2.73. The van der Waals surface area contributed by atoms with E-state index in [1.807, 2.05) is 0 Å². The second-order valence-electron chi connectivity index (χ2n) is 6.55. The van der Waals surface area contributed by atoms with Crippen molar-refractivity contribution in [3.05, 3.63) is 29.3 Å². The molecule has 1 atom stereocenters. The maximum Gasteiger partial charge on any atom is 0.119 e. The number of hydrogen-bond donors (Lipinski definition) is 0. The minimum absolute atomic E-state index is 0.496. The first-order valence-corrected chi connectivity index (χ1v) is 9.35. The summed E-state index contributed by atoms with van der Waals surface area (Å²) >= 11 is 3.98. The van der Waals surface area contributed by atoms with Crippen molar-refractivity contribution in [3.63, 3.8) is 0 Å². The molecule has 118 valence electrons. The minimum Gasteiger partial charge on any atom is -0.497 e. The van der Waals surface area contributed by atoms with Crippen molar-refractivity contribution in [1.29, 1.82) is 0 Å². The zero-order valence-electron chi connectivity index (χ0n) is 13.7. The van der Waals surface area contributed by atoms with Gasteiger partial charge < -0.3 is 4.74 Å². The van der Waals surface area contributed by atoms with Crippen LogP contribution in [0.15, 0.2) is 18.2 Å². The second kappa shape index (κ2) is 8.22. The Bertz CT molecular complexity index is 435. The number of halogens is 1. The van der Waals surface area contributed by atoms with Crippen LogP contribution in [0.2, 0.25) is 0 Å². The van der Waals surface area contributed by atoms with E-state index in [-0.39, 0.29) is 0 Å². The molecule has 0 spiro atoms. The van der Waals surface area contributed by atoms with Gasteiger partial charge in [0.15, 0.2) is 0 Å². The highest BCUT2D eigenvalue weighted by atomic mass is 79.9. The third-order valence-electron chi connectivity index (χ3n) is 5.05. The predicted molar refractivity (Wildman–Crippen MR) is 94.4 cm³/mol. The lowest BCUT2D eigenvalue weighted by atomic mass is 9.77. The molecule has 1 aromatic carbocycles. The molecule has 21 heavy (non-hydrogen) atoms.